The van der Waals surface area contributed by atoms with Crippen LogP contribution in [0.5, 0.6) is 11.5 Å². The molecule has 2 aromatic rings. The standard InChI is InChI=1S/C17H18N2O4.C2H6/c1-22-16-6-4-13(17(8-16)23-2)10-18-9-12-3-5-15(19(20)21)7-14(12)11-18;1-2/h3-8H,9-11H2,1-2H3;1-2H3. The topological polar surface area (TPSA) is 64.8 Å². The number of non-ortho nitro benzene ring substituents is 1. The van der Waals surface area contributed by atoms with E-state index < -0.39 is 0 Å². The van der Waals surface area contributed by atoms with Gasteiger partial charge in [0.15, 0.2) is 0 Å². The van der Waals surface area contributed by atoms with Gasteiger partial charge in [-0.3, -0.25) is 15.0 Å². The summed E-state index contributed by atoms with van der Waals surface area (Å²) in [6.45, 7) is 6.20. The number of ether oxygens (including phenoxy) is 2. The molecule has 0 radical (unpaired) electrons. The molecule has 0 atom stereocenters. The number of nitrogens with zero attached hydrogens (tertiary/aromatic N) is 2. The number of nitro benzene ring substituents is 1. The van der Waals surface area contributed by atoms with Crippen molar-refractivity contribution in [3.63, 3.8) is 0 Å². The van der Waals surface area contributed by atoms with Gasteiger partial charge >= 0.3 is 0 Å². The lowest BCUT2D eigenvalue weighted by Gasteiger charge is -2.17. The molecule has 6 nitrogen and oxygen atoms in total. The van der Waals surface area contributed by atoms with Crippen LogP contribution in [0.4, 0.5) is 5.69 Å². The molecule has 1 aliphatic heterocycles. The maximum absolute atomic E-state index is 10.9. The van der Waals surface area contributed by atoms with Crippen LogP contribution < -0.4 is 9.47 Å². The van der Waals surface area contributed by atoms with E-state index in [1.165, 1.54) is 0 Å². The summed E-state index contributed by atoms with van der Waals surface area (Å²) in [4.78, 5) is 12.8. The summed E-state index contributed by atoms with van der Waals surface area (Å²) in [5, 5.41) is 10.9. The molecular weight excluding hydrogens is 320 g/mol. The fraction of sp³-hybridized carbons (Fsp3) is 0.368. The Bertz CT molecular complexity index is 746. The van der Waals surface area contributed by atoms with Gasteiger partial charge in [0.05, 0.1) is 19.1 Å². The Morgan fingerprint density at radius 2 is 1.76 bits per heavy atom. The Labute approximate surface area is 148 Å². The van der Waals surface area contributed by atoms with Crippen LogP contribution in [-0.2, 0) is 19.6 Å². The third kappa shape index (κ3) is 4.28. The van der Waals surface area contributed by atoms with Crippen LogP contribution in [0.25, 0.3) is 0 Å². The molecule has 3 rings (SSSR count). The number of rotatable bonds is 5. The molecule has 0 unspecified atom stereocenters. The van der Waals surface area contributed by atoms with Crippen molar-refractivity contribution >= 4 is 5.69 Å². The predicted octanol–water partition coefficient (Wildman–Crippen LogP) is 4.15. The van der Waals surface area contributed by atoms with Gasteiger partial charge in [0, 0.05) is 43.4 Å². The maximum Gasteiger partial charge on any atom is 0.269 e. The van der Waals surface area contributed by atoms with Gasteiger partial charge in [-0.25, -0.2) is 0 Å². The van der Waals surface area contributed by atoms with Crippen LogP contribution in [0.15, 0.2) is 36.4 Å². The fourth-order valence-electron chi connectivity index (χ4n) is 2.90. The first-order chi connectivity index (χ1) is 12.1. The van der Waals surface area contributed by atoms with E-state index in [1.807, 2.05) is 38.1 Å². The summed E-state index contributed by atoms with van der Waals surface area (Å²) in [7, 11) is 3.26. The Hall–Kier alpha value is -2.60. The van der Waals surface area contributed by atoms with Crippen molar-refractivity contribution in [2.24, 2.45) is 0 Å². The number of hydrogen-bond donors (Lipinski definition) is 0. The highest BCUT2D eigenvalue weighted by Crippen LogP contribution is 2.31. The van der Waals surface area contributed by atoms with Crippen molar-refractivity contribution < 1.29 is 14.4 Å². The maximum atomic E-state index is 10.9. The minimum absolute atomic E-state index is 0.146. The molecule has 0 saturated carbocycles. The molecule has 0 spiro atoms. The van der Waals surface area contributed by atoms with E-state index in [0.29, 0.717) is 6.54 Å². The van der Waals surface area contributed by atoms with Gasteiger partial charge in [-0.1, -0.05) is 26.0 Å². The summed E-state index contributed by atoms with van der Waals surface area (Å²) in [6, 6.07) is 10.8. The second-order valence-electron chi connectivity index (χ2n) is 5.53. The van der Waals surface area contributed by atoms with E-state index in [-0.39, 0.29) is 10.6 Å². The van der Waals surface area contributed by atoms with Crippen molar-refractivity contribution in [3.05, 3.63) is 63.2 Å². The zero-order valence-corrected chi connectivity index (χ0v) is 15.1. The molecule has 0 amide bonds. The average Bonchev–Trinajstić information content (AvgIpc) is 3.05. The minimum Gasteiger partial charge on any atom is -0.497 e. The smallest absolute Gasteiger partial charge is 0.269 e. The van der Waals surface area contributed by atoms with Crippen LogP contribution in [0.1, 0.15) is 30.5 Å². The first kappa shape index (κ1) is 18.7. The highest BCUT2D eigenvalue weighted by Gasteiger charge is 2.22. The van der Waals surface area contributed by atoms with Crippen molar-refractivity contribution in [1.29, 1.82) is 0 Å². The van der Waals surface area contributed by atoms with E-state index in [9.17, 15) is 10.1 Å². The lowest BCUT2D eigenvalue weighted by Crippen LogP contribution is -2.16. The molecule has 0 aromatic heterocycles. The minimum atomic E-state index is -0.352. The molecule has 2 aromatic carbocycles. The SMILES string of the molecule is CC.COc1ccc(CN2Cc3ccc([N+](=O)[O-])cc3C2)c(OC)c1. The number of fused-ring (bicyclic) bond motifs is 1. The largest absolute Gasteiger partial charge is 0.497 e. The number of nitro groups is 1. The number of methoxy groups -OCH3 is 2. The van der Waals surface area contributed by atoms with Crippen molar-refractivity contribution in [1.82, 2.24) is 4.90 Å². The summed E-state index contributed by atoms with van der Waals surface area (Å²) >= 11 is 0. The average molecular weight is 344 g/mol. The Morgan fingerprint density at radius 3 is 2.40 bits per heavy atom. The second kappa shape index (κ2) is 8.48. The summed E-state index contributed by atoms with van der Waals surface area (Å²) in [6.07, 6.45) is 0. The van der Waals surface area contributed by atoms with Crippen LogP contribution in [0, 0.1) is 10.1 Å². The lowest BCUT2D eigenvalue weighted by atomic mass is 10.1. The third-order valence-corrected chi connectivity index (χ3v) is 4.08. The molecule has 134 valence electrons. The summed E-state index contributed by atoms with van der Waals surface area (Å²) < 4.78 is 10.6. The molecule has 0 N–H and O–H groups in total. The highest BCUT2D eigenvalue weighted by atomic mass is 16.6. The Kier molecular flexibility index (Phi) is 6.36. The van der Waals surface area contributed by atoms with Crippen molar-refractivity contribution in [2.45, 2.75) is 33.5 Å². The van der Waals surface area contributed by atoms with Crippen LogP contribution in [-0.4, -0.2) is 24.0 Å². The molecule has 25 heavy (non-hydrogen) atoms. The Balaban J connectivity index is 0.00000109. The van der Waals surface area contributed by atoms with Gasteiger partial charge in [-0.05, 0) is 17.2 Å². The molecule has 1 aliphatic rings. The molecule has 0 fully saturated rings. The molecule has 6 heteroatoms. The third-order valence-electron chi connectivity index (χ3n) is 4.08. The normalized spacial score (nSPS) is 12.8. The lowest BCUT2D eigenvalue weighted by molar-refractivity contribution is -0.384. The van der Waals surface area contributed by atoms with E-state index in [0.717, 1.165) is 41.3 Å². The monoisotopic (exact) mass is 344 g/mol. The number of hydrogen-bond acceptors (Lipinski definition) is 5. The second-order valence-corrected chi connectivity index (χ2v) is 5.53. The summed E-state index contributed by atoms with van der Waals surface area (Å²) in [5.74, 6) is 1.54. The fourth-order valence-corrected chi connectivity index (χ4v) is 2.90. The quantitative estimate of drug-likeness (QED) is 0.602. The van der Waals surface area contributed by atoms with Crippen molar-refractivity contribution in [3.8, 4) is 11.5 Å². The molecular formula is C19H24N2O4. The van der Waals surface area contributed by atoms with Gasteiger partial charge in [0.1, 0.15) is 11.5 Å². The van der Waals surface area contributed by atoms with Gasteiger partial charge in [-0.15, -0.1) is 0 Å². The van der Waals surface area contributed by atoms with Crippen molar-refractivity contribution in [2.75, 3.05) is 14.2 Å². The van der Waals surface area contributed by atoms with Gasteiger partial charge in [0.25, 0.3) is 5.69 Å². The zero-order valence-electron chi connectivity index (χ0n) is 15.1. The van der Waals surface area contributed by atoms with Crippen LogP contribution >= 0.6 is 0 Å². The van der Waals surface area contributed by atoms with Gasteiger partial charge in [-0.2, -0.15) is 0 Å². The first-order valence-corrected chi connectivity index (χ1v) is 8.30. The van der Waals surface area contributed by atoms with E-state index in [2.05, 4.69) is 4.90 Å². The molecule has 0 bridgehead atoms. The molecule has 0 saturated heterocycles. The Morgan fingerprint density at radius 1 is 1.04 bits per heavy atom. The van der Waals surface area contributed by atoms with E-state index >= 15 is 0 Å². The van der Waals surface area contributed by atoms with E-state index in [1.54, 1.807) is 26.4 Å². The number of benzene rings is 2. The molecule has 0 aliphatic carbocycles. The zero-order chi connectivity index (χ0) is 18.4. The highest BCUT2D eigenvalue weighted by molar-refractivity contribution is 5.43. The first-order valence-electron chi connectivity index (χ1n) is 8.30. The van der Waals surface area contributed by atoms with Crippen LogP contribution in [0.3, 0.4) is 0 Å². The van der Waals surface area contributed by atoms with Gasteiger partial charge < -0.3 is 9.47 Å². The van der Waals surface area contributed by atoms with Crippen LogP contribution in [0.2, 0.25) is 0 Å². The van der Waals surface area contributed by atoms with Gasteiger partial charge in [0.2, 0.25) is 0 Å². The molecule has 1 heterocycles. The summed E-state index contributed by atoms with van der Waals surface area (Å²) in [5.41, 5.74) is 3.37. The van der Waals surface area contributed by atoms with E-state index in [4.69, 9.17) is 9.47 Å². The predicted molar refractivity (Wildman–Crippen MR) is 96.9 cm³/mol.